The number of carbonyl (C=O) groups is 1. The smallest absolute Gasteiger partial charge is 0.385 e. The van der Waals surface area contributed by atoms with Gasteiger partial charge in [-0.1, -0.05) is 5.92 Å². The molecule has 0 saturated heterocycles. The topological polar surface area (TPSA) is 44.1 Å². The number of carbonyl (C=O) groups excluding carboxylic acids is 1. The highest BCUT2D eigenvalue weighted by atomic mass is 16.6. The second-order valence-corrected chi connectivity index (χ2v) is 4.34. The zero-order valence-corrected chi connectivity index (χ0v) is 10.1. The SMILES string of the molecule is CCn1cc(C#CC(=O)OC(C)(C)C)cn1. The Morgan fingerprint density at radius 3 is 2.75 bits per heavy atom. The quantitative estimate of drug-likeness (QED) is 0.533. The molecule has 0 aliphatic heterocycles. The molecule has 0 N–H and O–H groups in total. The summed E-state index contributed by atoms with van der Waals surface area (Å²) in [5.41, 5.74) is 0.215. The van der Waals surface area contributed by atoms with E-state index in [0.717, 1.165) is 6.54 Å². The molecule has 1 rings (SSSR count). The van der Waals surface area contributed by atoms with Crippen molar-refractivity contribution in [2.45, 2.75) is 39.8 Å². The number of rotatable bonds is 1. The number of ether oxygens (including phenoxy) is 1. The summed E-state index contributed by atoms with van der Waals surface area (Å²) < 4.78 is 6.80. The van der Waals surface area contributed by atoms with E-state index in [-0.39, 0.29) is 0 Å². The van der Waals surface area contributed by atoms with Crippen molar-refractivity contribution in [3.8, 4) is 11.8 Å². The Hall–Kier alpha value is -1.76. The first-order chi connectivity index (χ1) is 7.40. The maximum atomic E-state index is 11.3. The standard InChI is InChI=1S/C12H16N2O2/c1-5-14-9-10(8-13-14)6-7-11(15)16-12(2,3)4/h8-9H,5H2,1-4H3. The highest BCUT2D eigenvalue weighted by molar-refractivity contribution is 5.89. The summed E-state index contributed by atoms with van der Waals surface area (Å²) in [5, 5.41) is 4.05. The molecule has 1 aromatic heterocycles. The fourth-order valence-electron chi connectivity index (χ4n) is 1.03. The molecule has 0 unspecified atom stereocenters. The van der Waals surface area contributed by atoms with E-state index < -0.39 is 11.6 Å². The summed E-state index contributed by atoms with van der Waals surface area (Å²) in [6, 6.07) is 0. The van der Waals surface area contributed by atoms with Gasteiger partial charge in [-0.2, -0.15) is 5.10 Å². The Kier molecular flexibility index (Phi) is 3.73. The lowest BCUT2D eigenvalue weighted by atomic mass is 10.2. The zero-order chi connectivity index (χ0) is 12.2. The Morgan fingerprint density at radius 1 is 1.56 bits per heavy atom. The maximum Gasteiger partial charge on any atom is 0.385 e. The summed E-state index contributed by atoms with van der Waals surface area (Å²) in [7, 11) is 0. The molecule has 0 amide bonds. The molecule has 1 aromatic rings. The first-order valence-electron chi connectivity index (χ1n) is 5.18. The number of esters is 1. The van der Waals surface area contributed by atoms with Crippen LogP contribution in [-0.2, 0) is 16.1 Å². The van der Waals surface area contributed by atoms with Crippen molar-refractivity contribution in [2.75, 3.05) is 0 Å². The molecule has 0 saturated carbocycles. The molecule has 0 spiro atoms. The van der Waals surface area contributed by atoms with E-state index in [1.165, 1.54) is 0 Å². The second-order valence-electron chi connectivity index (χ2n) is 4.34. The van der Waals surface area contributed by atoms with Gasteiger partial charge >= 0.3 is 5.97 Å². The van der Waals surface area contributed by atoms with Crippen LogP contribution in [-0.4, -0.2) is 21.4 Å². The molecule has 4 nitrogen and oxygen atoms in total. The average molecular weight is 220 g/mol. The highest BCUT2D eigenvalue weighted by Crippen LogP contribution is 2.06. The molecule has 0 aliphatic carbocycles. The van der Waals surface area contributed by atoms with E-state index in [2.05, 4.69) is 16.9 Å². The predicted molar refractivity (Wildman–Crippen MR) is 60.6 cm³/mol. The summed E-state index contributed by atoms with van der Waals surface area (Å²) in [5.74, 6) is 4.63. The largest absolute Gasteiger partial charge is 0.450 e. The number of aryl methyl sites for hydroxylation is 1. The van der Waals surface area contributed by atoms with Gasteiger partial charge in [0.2, 0.25) is 0 Å². The van der Waals surface area contributed by atoms with Crippen molar-refractivity contribution in [3.05, 3.63) is 18.0 Å². The van der Waals surface area contributed by atoms with Gasteiger partial charge in [0, 0.05) is 18.7 Å². The van der Waals surface area contributed by atoms with Crippen LogP contribution < -0.4 is 0 Å². The number of hydrogen-bond donors (Lipinski definition) is 0. The third-order valence-electron chi connectivity index (χ3n) is 1.67. The van der Waals surface area contributed by atoms with Gasteiger partial charge in [0.25, 0.3) is 0 Å². The molecule has 0 aliphatic rings. The molecular formula is C12H16N2O2. The molecule has 16 heavy (non-hydrogen) atoms. The Morgan fingerprint density at radius 2 is 2.25 bits per heavy atom. The predicted octanol–water partition coefficient (Wildman–Crippen LogP) is 1.60. The van der Waals surface area contributed by atoms with Gasteiger partial charge in [-0.15, -0.1) is 0 Å². The van der Waals surface area contributed by atoms with Crippen LogP contribution in [0.5, 0.6) is 0 Å². The number of aromatic nitrogens is 2. The molecule has 4 heteroatoms. The highest BCUT2D eigenvalue weighted by Gasteiger charge is 2.14. The minimum Gasteiger partial charge on any atom is -0.450 e. The lowest BCUT2D eigenvalue weighted by molar-refractivity contribution is -0.147. The van der Waals surface area contributed by atoms with E-state index in [0.29, 0.717) is 5.56 Å². The first kappa shape index (κ1) is 12.3. The number of nitrogens with zero attached hydrogens (tertiary/aromatic N) is 2. The van der Waals surface area contributed by atoms with Gasteiger partial charge in [0.15, 0.2) is 0 Å². The fraction of sp³-hybridized carbons (Fsp3) is 0.500. The zero-order valence-electron chi connectivity index (χ0n) is 10.1. The van der Waals surface area contributed by atoms with Crippen LogP contribution in [0, 0.1) is 11.8 Å². The summed E-state index contributed by atoms with van der Waals surface area (Å²) in [6.45, 7) is 8.19. The summed E-state index contributed by atoms with van der Waals surface area (Å²) in [6.07, 6.45) is 3.41. The van der Waals surface area contributed by atoms with Crippen molar-refractivity contribution < 1.29 is 9.53 Å². The number of hydrogen-bond acceptors (Lipinski definition) is 3. The first-order valence-corrected chi connectivity index (χ1v) is 5.18. The Balaban J connectivity index is 2.64. The van der Waals surface area contributed by atoms with Gasteiger partial charge in [0.05, 0.1) is 11.8 Å². The van der Waals surface area contributed by atoms with Crippen LogP contribution in [0.25, 0.3) is 0 Å². The minimum absolute atomic E-state index is 0.501. The molecule has 0 radical (unpaired) electrons. The van der Waals surface area contributed by atoms with Gasteiger partial charge < -0.3 is 4.74 Å². The molecule has 86 valence electrons. The van der Waals surface area contributed by atoms with Crippen LogP contribution in [0.1, 0.15) is 33.3 Å². The monoisotopic (exact) mass is 220 g/mol. The minimum atomic E-state index is -0.517. The Bertz CT molecular complexity index is 430. The lowest BCUT2D eigenvalue weighted by Gasteiger charge is -2.16. The maximum absolute atomic E-state index is 11.3. The van der Waals surface area contributed by atoms with E-state index in [4.69, 9.17) is 4.74 Å². The Labute approximate surface area is 95.6 Å². The van der Waals surface area contributed by atoms with E-state index >= 15 is 0 Å². The average Bonchev–Trinajstić information content (AvgIpc) is 2.59. The van der Waals surface area contributed by atoms with Gasteiger partial charge in [-0.05, 0) is 27.7 Å². The second kappa shape index (κ2) is 4.84. The normalized spacial score (nSPS) is 10.5. The molecular weight excluding hydrogens is 204 g/mol. The fourth-order valence-corrected chi connectivity index (χ4v) is 1.03. The van der Waals surface area contributed by atoms with Crippen LogP contribution >= 0.6 is 0 Å². The molecule has 0 aromatic carbocycles. The van der Waals surface area contributed by atoms with E-state index in [9.17, 15) is 4.79 Å². The van der Waals surface area contributed by atoms with E-state index in [1.807, 2.05) is 27.7 Å². The van der Waals surface area contributed by atoms with Crippen LogP contribution in [0.4, 0.5) is 0 Å². The van der Waals surface area contributed by atoms with Crippen LogP contribution in [0.3, 0.4) is 0 Å². The van der Waals surface area contributed by atoms with E-state index in [1.54, 1.807) is 17.1 Å². The van der Waals surface area contributed by atoms with Gasteiger partial charge in [-0.25, -0.2) is 4.79 Å². The molecule has 0 bridgehead atoms. The third-order valence-corrected chi connectivity index (χ3v) is 1.67. The van der Waals surface area contributed by atoms with Gasteiger partial charge in [-0.3, -0.25) is 4.68 Å². The van der Waals surface area contributed by atoms with Crippen molar-refractivity contribution in [3.63, 3.8) is 0 Å². The van der Waals surface area contributed by atoms with Crippen LogP contribution in [0.2, 0.25) is 0 Å². The molecule has 1 heterocycles. The van der Waals surface area contributed by atoms with Gasteiger partial charge in [0.1, 0.15) is 5.60 Å². The van der Waals surface area contributed by atoms with Crippen molar-refractivity contribution in [1.82, 2.24) is 9.78 Å². The summed E-state index contributed by atoms with van der Waals surface area (Å²) >= 11 is 0. The van der Waals surface area contributed by atoms with Crippen molar-refractivity contribution in [2.24, 2.45) is 0 Å². The molecule has 0 atom stereocenters. The summed E-state index contributed by atoms with van der Waals surface area (Å²) in [4.78, 5) is 11.3. The third kappa shape index (κ3) is 4.18. The lowest BCUT2D eigenvalue weighted by Crippen LogP contribution is -2.22. The molecule has 0 fully saturated rings. The van der Waals surface area contributed by atoms with Crippen LogP contribution in [0.15, 0.2) is 12.4 Å². The van der Waals surface area contributed by atoms with Crippen molar-refractivity contribution in [1.29, 1.82) is 0 Å². The van der Waals surface area contributed by atoms with Crippen molar-refractivity contribution >= 4 is 5.97 Å².